The Morgan fingerprint density at radius 1 is 1.05 bits per heavy atom. The summed E-state index contributed by atoms with van der Waals surface area (Å²) in [6.07, 6.45) is -0.340. The molecule has 2 N–H and O–H groups in total. The molecule has 0 heterocycles. The molecule has 0 aliphatic heterocycles. The fourth-order valence-corrected chi connectivity index (χ4v) is 1.94. The molecule has 2 aromatic rings. The smallest absolute Gasteiger partial charge is 0.124 e. The highest BCUT2D eigenvalue weighted by atomic mass is 16.5. The quantitative estimate of drug-likeness (QED) is 0.813. The van der Waals surface area contributed by atoms with Crippen molar-refractivity contribution in [1.29, 1.82) is 0 Å². The molecule has 0 bridgehead atoms. The molecule has 2 rings (SSSR count). The molecule has 0 aromatic heterocycles. The summed E-state index contributed by atoms with van der Waals surface area (Å²) in [4.78, 5) is 0. The third kappa shape index (κ3) is 4.68. The van der Waals surface area contributed by atoms with Gasteiger partial charge in [0.15, 0.2) is 0 Å². The van der Waals surface area contributed by atoms with Crippen molar-refractivity contribution in [2.45, 2.75) is 26.2 Å². The maximum Gasteiger partial charge on any atom is 0.124 e. The summed E-state index contributed by atoms with van der Waals surface area (Å²) in [7, 11) is 0. The number of ether oxygens (including phenoxy) is 1. The summed E-state index contributed by atoms with van der Waals surface area (Å²) >= 11 is 0. The molecule has 0 fully saturated rings. The van der Waals surface area contributed by atoms with Crippen molar-refractivity contribution in [1.82, 2.24) is 5.32 Å². The van der Waals surface area contributed by atoms with Crippen LogP contribution in [0.25, 0.3) is 0 Å². The highest BCUT2D eigenvalue weighted by Crippen LogP contribution is 2.19. The SMILES string of the molecule is C[C@@H](O)CNCc1ccccc1OCc1ccccc1. The van der Waals surface area contributed by atoms with Gasteiger partial charge in [0.2, 0.25) is 0 Å². The van der Waals surface area contributed by atoms with Gasteiger partial charge in [0.1, 0.15) is 12.4 Å². The summed E-state index contributed by atoms with van der Waals surface area (Å²) in [5, 5.41) is 12.5. The van der Waals surface area contributed by atoms with Crippen LogP contribution >= 0.6 is 0 Å². The van der Waals surface area contributed by atoms with Crippen LogP contribution in [0.1, 0.15) is 18.1 Å². The van der Waals surface area contributed by atoms with Crippen LogP contribution in [0.15, 0.2) is 54.6 Å². The lowest BCUT2D eigenvalue weighted by atomic mass is 10.2. The first-order chi connectivity index (χ1) is 9.75. The fraction of sp³-hybridized carbons (Fsp3) is 0.294. The zero-order chi connectivity index (χ0) is 14.2. The Hall–Kier alpha value is -1.84. The number of aliphatic hydroxyl groups excluding tert-OH is 1. The Bertz CT molecular complexity index is 511. The van der Waals surface area contributed by atoms with Gasteiger partial charge in [-0.25, -0.2) is 0 Å². The van der Waals surface area contributed by atoms with Gasteiger partial charge < -0.3 is 15.2 Å². The lowest BCUT2D eigenvalue weighted by Crippen LogP contribution is -2.24. The van der Waals surface area contributed by atoms with Gasteiger partial charge in [0.25, 0.3) is 0 Å². The number of nitrogens with one attached hydrogen (secondary N) is 1. The van der Waals surface area contributed by atoms with E-state index in [2.05, 4.69) is 5.32 Å². The van der Waals surface area contributed by atoms with Crippen LogP contribution in [0, 0.1) is 0 Å². The molecule has 1 atom stereocenters. The van der Waals surface area contributed by atoms with Crippen molar-refractivity contribution in [3.63, 3.8) is 0 Å². The summed E-state index contributed by atoms with van der Waals surface area (Å²) in [6, 6.07) is 18.1. The van der Waals surface area contributed by atoms with Gasteiger partial charge in [-0.15, -0.1) is 0 Å². The number of rotatable bonds is 7. The van der Waals surface area contributed by atoms with E-state index in [1.165, 1.54) is 0 Å². The van der Waals surface area contributed by atoms with Gasteiger partial charge in [-0.3, -0.25) is 0 Å². The Morgan fingerprint density at radius 3 is 2.50 bits per heavy atom. The normalized spacial score (nSPS) is 12.1. The largest absolute Gasteiger partial charge is 0.489 e. The molecule has 106 valence electrons. The molecule has 3 heteroatoms. The van der Waals surface area contributed by atoms with Gasteiger partial charge in [-0.2, -0.15) is 0 Å². The van der Waals surface area contributed by atoms with Crippen LogP contribution in [-0.2, 0) is 13.2 Å². The summed E-state index contributed by atoms with van der Waals surface area (Å²) in [6.45, 7) is 3.60. The molecular formula is C17H21NO2. The zero-order valence-electron chi connectivity index (χ0n) is 11.8. The van der Waals surface area contributed by atoms with Crippen molar-refractivity contribution in [2.75, 3.05) is 6.54 Å². The van der Waals surface area contributed by atoms with Crippen LogP contribution in [-0.4, -0.2) is 17.8 Å². The third-order valence-electron chi connectivity index (χ3n) is 2.96. The first-order valence-electron chi connectivity index (χ1n) is 6.89. The van der Waals surface area contributed by atoms with E-state index in [-0.39, 0.29) is 6.10 Å². The molecule has 0 unspecified atom stereocenters. The number of benzene rings is 2. The first kappa shape index (κ1) is 14.6. The lowest BCUT2D eigenvalue weighted by Gasteiger charge is -2.13. The van der Waals surface area contributed by atoms with Crippen LogP contribution in [0.5, 0.6) is 5.75 Å². The Morgan fingerprint density at radius 2 is 1.75 bits per heavy atom. The minimum Gasteiger partial charge on any atom is -0.489 e. The summed E-state index contributed by atoms with van der Waals surface area (Å²) in [5.41, 5.74) is 2.25. The van der Waals surface area contributed by atoms with Gasteiger partial charge in [0, 0.05) is 18.7 Å². The van der Waals surface area contributed by atoms with Gasteiger partial charge in [0.05, 0.1) is 6.10 Å². The Labute approximate surface area is 120 Å². The van der Waals surface area contributed by atoms with Crippen LogP contribution in [0.2, 0.25) is 0 Å². The van der Waals surface area contributed by atoms with Crippen molar-refractivity contribution >= 4 is 0 Å². The van der Waals surface area contributed by atoms with Crippen molar-refractivity contribution < 1.29 is 9.84 Å². The first-order valence-corrected chi connectivity index (χ1v) is 6.89. The molecule has 0 radical (unpaired) electrons. The van der Waals surface area contributed by atoms with Crippen molar-refractivity contribution in [3.05, 3.63) is 65.7 Å². The van der Waals surface area contributed by atoms with Crippen LogP contribution < -0.4 is 10.1 Å². The second-order valence-corrected chi connectivity index (χ2v) is 4.86. The molecule has 0 spiro atoms. The van der Waals surface area contributed by atoms with E-state index >= 15 is 0 Å². The van der Waals surface area contributed by atoms with E-state index in [1.54, 1.807) is 6.92 Å². The molecule has 0 amide bonds. The monoisotopic (exact) mass is 271 g/mol. The molecule has 0 saturated carbocycles. The average Bonchev–Trinajstić information content (AvgIpc) is 2.47. The highest BCUT2D eigenvalue weighted by Gasteiger charge is 2.04. The van der Waals surface area contributed by atoms with E-state index < -0.39 is 0 Å². The summed E-state index contributed by atoms with van der Waals surface area (Å²) < 4.78 is 5.88. The maximum absolute atomic E-state index is 9.26. The summed E-state index contributed by atoms with van der Waals surface area (Å²) in [5.74, 6) is 0.884. The second-order valence-electron chi connectivity index (χ2n) is 4.86. The van der Waals surface area contributed by atoms with E-state index in [0.29, 0.717) is 19.7 Å². The van der Waals surface area contributed by atoms with E-state index in [1.807, 2.05) is 54.6 Å². The van der Waals surface area contributed by atoms with Crippen molar-refractivity contribution in [3.8, 4) is 5.75 Å². The predicted molar refractivity (Wildman–Crippen MR) is 80.6 cm³/mol. The van der Waals surface area contributed by atoms with Crippen LogP contribution in [0.3, 0.4) is 0 Å². The van der Waals surface area contributed by atoms with Gasteiger partial charge >= 0.3 is 0 Å². The lowest BCUT2D eigenvalue weighted by molar-refractivity contribution is 0.190. The highest BCUT2D eigenvalue weighted by molar-refractivity contribution is 5.33. The number of aliphatic hydroxyl groups is 1. The Balaban J connectivity index is 1.93. The minimum atomic E-state index is -0.340. The second kappa shape index (κ2) is 7.68. The topological polar surface area (TPSA) is 41.5 Å². The van der Waals surface area contributed by atoms with Crippen molar-refractivity contribution in [2.24, 2.45) is 0 Å². The maximum atomic E-state index is 9.26. The molecule has 2 aromatic carbocycles. The molecule has 0 aliphatic carbocycles. The third-order valence-corrected chi connectivity index (χ3v) is 2.96. The van der Waals surface area contributed by atoms with E-state index in [0.717, 1.165) is 16.9 Å². The molecule has 0 saturated heterocycles. The standard InChI is InChI=1S/C17H21NO2/c1-14(19)11-18-12-16-9-5-6-10-17(16)20-13-15-7-3-2-4-8-15/h2-10,14,18-19H,11-13H2,1H3/t14-/m1/s1. The molecule has 3 nitrogen and oxygen atoms in total. The zero-order valence-corrected chi connectivity index (χ0v) is 11.8. The van der Waals surface area contributed by atoms with Gasteiger partial charge in [-0.05, 0) is 18.6 Å². The minimum absolute atomic E-state index is 0.340. The predicted octanol–water partition coefficient (Wildman–Crippen LogP) is 2.74. The number of hydrogen-bond acceptors (Lipinski definition) is 3. The Kier molecular flexibility index (Phi) is 5.59. The number of hydrogen-bond donors (Lipinski definition) is 2. The van der Waals surface area contributed by atoms with Gasteiger partial charge in [-0.1, -0.05) is 48.5 Å². The molecular weight excluding hydrogens is 250 g/mol. The van der Waals surface area contributed by atoms with E-state index in [4.69, 9.17) is 4.74 Å². The average molecular weight is 271 g/mol. The fourth-order valence-electron chi connectivity index (χ4n) is 1.94. The number of para-hydroxylation sites is 1. The van der Waals surface area contributed by atoms with E-state index in [9.17, 15) is 5.11 Å². The van der Waals surface area contributed by atoms with Crippen LogP contribution in [0.4, 0.5) is 0 Å². The molecule has 20 heavy (non-hydrogen) atoms. The molecule has 0 aliphatic rings.